The van der Waals surface area contributed by atoms with Crippen LogP contribution in [0, 0.1) is 6.92 Å². The monoisotopic (exact) mass is 458 g/mol. The Bertz CT molecular complexity index is 1280. The molecule has 2 aliphatic rings. The summed E-state index contributed by atoms with van der Waals surface area (Å²) in [5, 5.41) is 10.3. The molecule has 4 rings (SSSR count). The third kappa shape index (κ3) is 4.12. The Morgan fingerprint density at radius 2 is 2.29 bits per heavy atom. The summed E-state index contributed by atoms with van der Waals surface area (Å²) in [6, 6.07) is 4.99. The quantitative estimate of drug-likeness (QED) is 0.500. The van der Waals surface area contributed by atoms with Gasteiger partial charge >= 0.3 is 13.5 Å². The van der Waals surface area contributed by atoms with Gasteiger partial charge in [0.25, 0.3) is 5.56 Å². The fourth-order valence-electron chi connectivity index (χ4n) is 3.18. The highest BCUT2D eigenvalue weighted by molar-refractivity contribution is 7.49. The number of hydrogen-bond donors (Lipinski definition) is 2. The minimum atomic E-state index is -4.67. The van der Waals surface area contributed by atoms with E-state index in [0.29, 0.717) is 15.7 Å². The minimum absolute atomic E-state index is 0.129. The number of ether oxygens (including phenoxy) is 1. The lowest BCUT2D eigenvalue weighted by atomic mass is 10.1. The first kappa shape index (κ1) is 19.1. The number of fused-ring (bicyclic) bond motifs is 1. The van der Waals surface area contributed by atoms with E-state index in [1.165, 1.54) is 0 Å². The lowest BCUT2D eigenvalue weighted by molar-refractivity contribution is -0.179. The molecule has 1 unspecified atom stereocenters. The summed E-state index contributed by atoms with van der Waals surface area (Å²) in [6.45, 7) is -2.09. The molecule has 0 radical (unpaired) electrons. The van der Waals surface area contributed by atoms with Gasteiger partial charge in [0.15, 0.2) is 12.5 Å². The first-order valence-corrected chi connectivity index (χ1v) is 10.4. The Kier molecular flexibility index (Phi) is 4.81. The highest BCUT2D eigenvalue weighted by Crippen LogP contribution is 2.56. The van der Waals surface area contributed by atoms with Gasteiger partial charge in [0, 0.05) is 18.2 Å². The van der Waals surface area contributed by atoms with Crippen molar-refractivity contribution in [3.8, 4) is 5.75 Å². The molecule has 4 atom stereocenters. The number of alkyl halides is 1. The first-order chi connectivity index (χ1) is 15.4. The number of nitrogens with one attached hydrogen (secondary N) is 1. The second kappa shape index (κ2) is 7.81. The van der Waals surface area contributed by atoms with Crippen molar-refractivity contribution in [3.05, 3.63) is 61.9 Å². The van der Waals surface area contributed by atoms with Gasteiger partial charge < -0.3 is 14.4 Å². The number of carbonyl (C=O) groups is 1. The number of halogens is 1. The largest absolute Gasteiger partial charge is 0.530 e. The van der Waals surface area contributed by atoms with Crippen molar-refractivity contribution in [2.45, 2.75) is 38.1 Å². The standard InChI is InChI=1S/C18H18FN2O9P/c1-10-3-2-4-11-8-27-31(26,30-14(10)11)28-9-18(19)5-13(23)16(29-18)21-6-12(7-22)15(24)20-17(21)25/h2-4,6-7,13,16,23H,5,8-9H2,1H3,(H,20,24,25)/t13-,16-,18+,31?/m1/s1/i9D2. The topological polar surface area (TPSA) is 146 Å². The highest BCUT2D eigenvalue weighted by Gasteiger charge is 2.50. The average molecular weight is 458 g/mol. The number of phosphoric acid groups is 1. The molecule has 0 saturated carbocycles. The lowest BCUT2D eigenvalue weighted by Crippen LogP contribution is -2.37. The van der Waals surface area contributed by atoms with E-state index in [1.807, 2.05) is 0 Å². The Hall–Kier alpha value is -2.63. The number of rotatable bonds is 5. The van der Waals surface area contributed by atoms with Gasteiger partial charge in [-0.1, -0.05) is 18.2 Å². The number of benzene rings is 1. The molecule has 2 aliphatic heterocycles. The molecule has 0 spiro atoms. The molecule has 2 aromatic rings. The summed E-state index contributed by atoms with van der Waals surface area (Å²) in [4.78, 5) is 36.4. The van der Waals surface area contributed by atoms with Crippen LogP contribution in [0.5, 0.6) is 5.75 Å². The van der Waals surface area contributed by atoms with Crippen molar-refractivity contribution in [1.82, 2.24) is 9.55 Å². The van der Waals surface area contributed by atoms with Crippen LogP contribution in [0.2, 0.25) is 0 Å². The average Bonchev–Trinajstić information content (AvgIpc) is 3.04. The molecule has 11 nitrogen and oxygen atoms in total. The van der Waals surface area contributed by atoms with Crippen LogP contribution in [0.15, 0.2) is 34.0 Å². The van der Waals surface area contributed by atoms with Gasteiger partial charge in [0.1, 0.15) is 18.4 Å². The molecule has 1 aromatic carbocycles. The number of aldehydes is 1. The summed E-state index contributed by atoms with van der Waals surface area (Å²) in [7, 11) is -4.67. The number of H-pyrrole nitrogens is 1. The van der Waals surface area contributed by atoms with Gasteiger partial charge in [-0.25, -0.2) is 13.8 Å². The number of nitrogens with zero attached hydrogens (tertiary/aromatic N) is 1. The van der Waals surface area contributed by atoms with Crippen molar-refractivity contribution in [2.75, 3.05) is 6.56 Å². The van der Waals surface area contributed by atoms with Crippen LogP contribution >= 0.6 is 7.82 Å². The van der Waals surface area contributed by atoms with Gasteiger partial charge in [-0.05, 0) is 12.5 Å². The maximum atomic E-state index is 15.6. The van der Waals surface area contributed by atoms with Gasteiger partial charge in [0.05, 0.1) is 14.9 Å². The molecule has 13 heteroatoms. The lowest BCUT2D eigenvalue weighted by Gasteiger charge is -2.28. The number of hydrogen-bond acceptors (Lipinski definition) is 9. The van der Waals surface area contributed by atoms with Crippen LogP contribution in [0.3, 0.4) is 0 Å². The van der Waals surface area contributed by atoms with Crippen LogP contribution in [-0.2, 0) is 25.0 Å². The van der Waals surface area contributed by atoms with Crippen LogP contribution in [0.25, 0.3) is 0 Å². The van der Waals surface area contributed by atoms with E-state index < -0.39 is 55.8 Å². The maximum absolute atomic E-state index is 15.6. The van der Waals surface area contributed by atoms with Crippen molar-refractivity contribution >= 4 is 14.1 Å². The maximum Gasteiger partial charge on any atom is 0.530 e. The molecular formula is C18H18FN2O9P. The smallest absolute Gasteiger partial charge is 0.403 e. The van der Waals surface area contributed by atoms with Crippen molar-refractivity contribution in [1.29, 1.82) is 0 Å². The molecule has 2 N–H and O–H groups in total. The third-order valence-electron chi connectivity index (χ3n) is 4.69. The number of carbonyl (C=O) groups excluding carboxylic acids is 1. The van der Waals surface area contributed by atoms with Crippen LogP contribution in [-0.4, -0.2) is 39.5 Å². The van der Waals surface area contributed by atoms with Crippen molar-refractivity contribution < 1.29 is 39.9 Å². The number of aromatic amines is 1. The summed E-state index contributed by atoms with van der Waals surface area (Å²) in [6.07, 6.45) is -3.84. The van der Waals surface area contributed by atoms with E-state index in [2.05, 4.69) is 0 Å². The molecule has 0 aliphatic carbocycles. The molecule has 31 heavy (non-hydrogen) atoms. The number of aryl methyl sites for hydroxylation is 1. The fourth-order valence-corrected chi connectivity index (χ4v) is 4.36. The normalized spacial score (nSPS) is 31.3. The zero-order chi connectivity index (χ0) is 24.2. The van der Waals surface area contributed by atoms with Gasteiger partial charge in [-0.2, -0.15) is 0 Å². The zero-order valence-corrected chi connectivity index (χ0v) is 16.8. The van der Waals surface area contributed by atoms with Crippen LogP contribution in [0.4, 0.5) is 4.39 Å². The van der Waals surface area contributed by atoms with Crippen molar-refractivity contribution in [3.63, 3.8) is 0 Å². The number of aliphatic hydroxyl groups is 1. The van der Waals surface area contributed by atoms with E-state index in [9.17, 15) is 24.1 Å². The number of para-hydroxylation sites is 1. The highest BCUT2D eigenvalue weighted by atomic mass is 31.2. The Labute approximate surface area is 176 Å². The predicted octanol–water partition coefficient (Wildman–Crippen LogP) is 1.34. The zero-order valence-electron chi connectivity index (χ0n) is 17.9. The molecule has 1 fully saturated rings. The number of phosphoric ester groups is 1. The predicted molar refractivity (Wildman–Crippen MR) is 101 cm³/mol. The Morgan fingerprint density at radius 3 is 3.03 bits per heavy atom. The summed E-state index contributed by atoms with van der Waals surface area (Å²) in [5.74, 6) is -3.29. The SMILES string of the molecule is [2H]C([2H])(OP1(=O)OCc2cccc(C)c2O1)[C@]1(F)C[C@@H](O)[C@H](n2cc(C=O)c(=O)[nH]c2=O)O1. The Morgan fingerprint density at radius 1 is 1.52 bits per heavy atom. The third-order valence-corrected chi connectivity index (χ3v) is 5.86. The second-order valence-corrected chi connectivity index (χ2v) is 8.46. The molecule has 0 amide bonds. The van der Waals surface area contributed by atoms with E-state index >= 15 is 4.39 Å². The molecule has 0 bridgehead atoms. The van der Waals surface area contributed by atoms with E-state index in [4.69, 9.17) is 21.0 Å². The number of aromatic nitrogens is 2. The fraction of sp³-hybridized carbons (Fsp3) is 0.389. The minimum Gasteiger partial charge on any atom is -0.403 e. The molecule has 1 aromatic heterocycles. The van der Waals surface area contributed by atoms with E-state index in [0.717, 1.165) is 6.20 Å². The summed E-state index contributed by atoms with van der Waals surface area (Å²) >= 11 is 0. The second-order valence-electron chi connectivity index (χ2n) is 6.95. The van der Waals surface area contributed by atoms with Crippen LogP contribution < -0.4 is 15.8 Å². The van der Waals surface area contributed by atoms with Gasteiger partial charge in [-0.3, -0.25) is 28.2 Å². The Balaban J connectivity index is 1.61. The van der Waals surface area contributed by atoms with Gasteiger partial charge in [-0.15, -0.1) is 0 Å². The van der Waals surface area contributed by atoms with Crippen molar-refractivity contribution in [2.24, 2.45) is 0 Å². The first-order valence-electron chi connectivity index (χ1n) is 9.97. The molecule has 3 heterocycles. The molecule has 1 saturated heterocycles. The van der Waals surface area contributed by atoms with Gasteiger partial charge in [0.2, 0.25) is 5.85 Å². The summed E-state index contributed by atoms with van der Waals surface area (Å²) in [5.41, 5.74) is -1.57. The number of aliphatic hydroxyl groups excluding tert-OH is 1. The van der Waals surface area contributed by atoms with E-state index in [-0.39, 0.29) is 18.6 Å². The van der Waals surface area contributed by atoms with Crippen LogP contribution in [0.1, 0.15) is 36.9 Å². The van der Waals surface area contributed by atoms with E-state index in [1.54, 1.807) is 30.1 Å². The summed E-state index contributed by atoms with van der Waals surface area (Å²) < 4.78 is 65.2. The molecular weight excluding hydrogens is 438 g/mol. The molecule has 166 valence electrons.